The van der Waals surface area contributed by atoms with Gasteiger partial charge in [0.1, 0.15) is 0 Å². The van der Waals surface area contributed by atoms with Gasteiger partial charge in [0.05, 0.1) is 12.8 Å². The molecule has 3 heterocycles. The number of hydrogen-bond donors (Lipinski definition) is 1. The number of hydrogen-bond acceptors (Lipinski definition) is 4. The first-order chi connectivity index (χ1) is 9.19. The first-order valence-corrected chi connectivity index (χ1v) is 6.84. The van der Waals surface area contributed by atoms with Gasteiger partial charge in [-0.15, -0.1) is 0 Å². The Kier molecular flexibility index (Phi) is 3.18. The second-order valence-corrected chi connectivity index (χ2v) is 5.36. The number of methoxy groups -OCH3 is 1. The van der Waals surface area contributed by atoms with Crippen molar-refractivity contribution in [3.05, 3.63) is 17.5 Å². The Morgan fingerprint density at radius 2 is 2.37 bits per heavy atom. The molecular formula is C13H20N4O2. The molecule has 0 spiro atoms. The molecule has 2 aliphatic heterocycles. The van der Waals surface area contributed by atoms with Crippen molar-refractivity contribution in [2.45, 2.75) is 37.8 Å². The molecule has 2 aliphatic rings. The molecule has 1 aromatic rings. The standard InChI is InChI=1S/C13H20N4O2/c1-19-13(18)16-6-4-10(11(14)8-16)12-7-9-3-2-5-17(9)15-12/h7,10-11H,2-6,8,14H2,1H3. The molecule has 6 heteroatoms. The third-order valence-corrected chi connectivity index (χ3v) is 4.16. The predicted molar refractivity (Wildman–Crippen MR) is 69.9 cm³/mol. The van der Waals surface area contributed by atoms with Crippen molar-refractivity contribution < 1.29 is 9.53 Å². The summed E-state index contributed by atoms with van der Waals surface area (Å²) in [6, 6.07) is 2.12. The Balaban J connectivity index is 1.71. The van der Waals surface area contributed by atoms with Crippen LogP contribution in [-0.2, 0) is 17.7 Å². The summed E-state index contributed by atoms with van der Waals surface area (Å²) in [5.41, 5.74) is 8.62. The van der Waals surface area contributed by atoms with Gasteiger partial charge in [0.25, 0.3) is 0 Å². The number of carbonyl (C=O) groups excluding carboxylic acids is 1. The van der Waals surface area contributed by atoms with E-state index in [1.807, 2.05) is 0 Å². The van der Waals surface area contributed by atoms with Crippen LogP contribution in [0, 0.1) is 0 Å². The van der Waals surface area contributed by atoms with Crippen LogP contribution in [0.5, 0.6) is 0 Å². The fourth-order valence-electron chi connectivity index (χ4n) is 3.11. The van der Waals surface area contributed by atoms with Crippen LogP contribution >= 0.6 is 0 Å². The lowest BCUT2D eigenvalue weighted by atomic mass is 9.89. The van der Waals surface area contributed by atoms with E-state index in [4.69, 9.17) is 10.5 Å². The number of rotatable bonds is 1. The molecule has 2 N–H and O–H groups in total. The number of amides is 1. The van der Waals surface area contributed by atoms with Gasteiger partial charge in [0.2, 0.25) is 0 Å². The Bertz CT molecular complexity index is 463. The molecule has 0 aliphatic carbocycles. The smallest absolute Gasteiger partial charge is 0.409 e. The number of fused-ring (bicyclic) bond motifs is 1. The maximum atomic E-state index is 11.5. The van der Waals surface area contributed by atoms with Crippen molar-refractivity contribution in [3.63, 3.8) is 0 Å². The lowest BCUT2D eigenvalue weighted by molar-refractivity contribution is 0.107. The van der Waals surface area contributed by atoms with Gasteiger partial charge >= 0.3 is 6.09 Å². The van der Waals surface area contributed by atoms with Crippen LogP contribution in [0.1, 0.15) is 30.1 Å². The minimum absolute atomic E-state index is 0.0662. The summed E-state index contributed by atoms with van der Waals surface area (Å²) in [7, 11) is 1.40. The summed E-state index contributed by atoms with van der Waals surface area (Å²) in [6.07, 6.45) is 2.87. The molecule has 1 aromatic heterocycles. The van der Waals surface area contributed by atoms with E-state index in [-0.39, 0.29) is 18.1 Å². The third kappa shape index (κ3) is 2.20. The van der Waals surface area contributed by atoms with Crippen LogP contribution in [0.3, 0.4) is 0 Å². The fraction of sp³-hybridized carbons (Fsp3) is 0.692. The Hall–Kier alpha value is -1.56. The number of carbonyl (C=O) groups is 1. The topological polar surface area (TPSA) is 73.4 Å². The molecule has 1 fully saturated rings. The molecule has 0 aromatic carbocycles. The minimum atomic E-state index is -0.291. The van der Waals surface area contributed by atoms with Crippen LogP contribution in [-0.4, -0.2) is 47.0 Å². The number of aryl methyl sites for hydroxylation is 2. The van der Waals surface area contributed by atoms with Crippen LogP contribution in [0.15, 0.2) is 6.07 Å². The van der Waals surface area contributed by atoms with E-state index in [1.165, 1.54) is 19.2 Å². The van der Waals surface area contributed by atoms with E-state index in [0.29, 0.717) is 13.1 Å². The summed E-state index contributed by atoms with van der Waals surface area (Å²) >= 11 is 0. The van der Waals surface area contributed by atoms with Crippen molar-refractivity contribution in [1.29, 1.82) is 0 Å². The van der Waals surface area contributed by atoms with Crippen LogP contribution < -0.4 is 5.73 Å². The first-order valence-electron chi connectivity index (χ1n) is 6.84. The highest BCUT2D eigenvalue weighted by Crippen LogP contribution is 2.29. The van der Waals surface area contributed by atoms with Gasteiger partial charge in [-0.25, -0.2) is 4.79 Å². The third-order valence-electron chi connectivity index (χ3n) is 4.16. The van der Waals surface area contributed by atoms with Crippen LogP contribution in [0.2, 0.25) is 0 Å². The average Bonchev–Trinajstić information content (AvgIpc) is 2.98. The fourth-order valence-corrected chi connectivity index (χ4v) is 3.11. The van der Waals surface area contributed by atoms with E-state index in [1.54, 1.807) is 4.90 Å². The molecule has 1 saturated heterocycles. The Morgan fingerprint density at radius 3 is 3.05 bits per heavy atom. The molecule has 2 unspecified atom stereocenters. The van der Waals surface area contributed by atoms with Gasteiger partial charge < -0.3 is 15.4 Å². The molecule has 1 amide bonds. The van der Waals surface area contributed by atoms with E-state index in [9.17, 15) is 4.79 Å². The van der Waals surface area contributed by atoms with Gasteiger partial charge in [-0.2, -0.15) is 5.10 Å². The highest BCUT2D eigenvalue weighted by Gasteiger charge is 2.32. The highest BCUT2D eigenvalue weighted by molar-refractivity contribution is 5.67. The largest absolute Gasteiger partial charge is 0.453 e. The number of ether oxygens (including phenoxy) is 1. The minimum Gasteiger partial charge on any atom is -0.453 e. The summed E-state index contributed by atoms with van der Waals surface area (Å²) in [5.74, 6) is 0.249. The van der Waals surface area contributed by atoms with Crippen molar-refractivity contribution in [2.75, 3.05) is 20.2 Å². The van der Waals surface area contributed by atoms with Crippen molar-refractivity contribution in [1.82, 2.24) is 14.7 Å². The zero-order valence-electron chi connectivity index (χ0n) is 11.2. The normalized spacial score (nSPS) is 26.3. The predicted octanol–water partition coefficient (Wildman–Crippen LogP) is 0.712. The second kappa shape index (κ2) is 4.85. The molecule has 6 nitrogen and oxygen atoms in total. The summed E-state index contributed by atoms with van der Waals surface area (Å²) < 4.78 is 6.83. The molecule has 2 atom stereocenters. The average molecular weight is 264 g/mol. The number of likely N-dealkylation sites (tertiary alicyclic amines) is 1. The lowest BCUT2D eigenvalue weighted by Gasteiger charge is -2.35. The quantitative estimate of drug-likeness (QED) is 0.811. The Labute approximate surface area is 112 Å². The lowest BCUT2D eigenvalue weighted by Crippen LogP contribution is -2.49. The van der Waals surface area contributed by atoms with Gasteiger partial charge in [0, 0.05) is 37.3 Å². The molecule has 0 bridgehead atoms. The Morgan fingerprint density at radius 1 is 1.53 bits per heavy atom. The van der Waals surface area contributed by atoms with Crippen molar-refractivity contribution in [2.24, 2.45) is 5.73 Å². The second-order valence-electron chi connectivity index (χ2n) is 5.36. The number of aromatic nitrogens is 2. The first kappa shape index (κ1) is 12.5. The van der Waals surface area contributed by atoms with Crippen LogP contribution in [0.25, 0.3) is 0 Å². The SMILES string of the molecule is COC(=O)N1CCC(c2cc3n(n2)CCC3)C(N)C1. The van der Waals surface area contributed by atoms with Crippen LogP contribution in [0.4, 0.5) is 4.79 Å². The number of piperidine rings is 1. The van der Waals surface area contributed by atoms with Crippen molar-refractivity contribution >= 4 is 6.09 Å². The molecule has 0 radical (unpaired) electrons. The number of nitrogens with two attached hydrogens (primary N) is 1. The maximum Gasteiger partial charge on any atom is 0.409 e. The van der Waals surface area contributed by atoms with E-state index in [0.717, 1.165) is 25.1 Å². The summed E-state index contributed by atoms with van der Waals surface area (Å²) in [6.45, 7) is 2.25. The zero-order chi connectivity index (χ0) is 13.4. The van der Waals surface area contributed by atoms with Gasteiger partial charge in [-0.05, 0) is 25.3 Å². The van der Waals surface area contributed by atoms with E-state index in [2.05, 4.69) is 15.8 Å². The maximum absolute atomic E-state index is 11.5. The van der Waals surface area contributed by atoms with Crippen molar-refractivity contribution in [3.8, 4) is 0 Å². The monoisotopic (exact) mass is 264 g/mol. The summed E-state index contributed by atoms with van der Waals surface area (Å²) in [5, 5.41) is 4.66. The number of nitrogens with zero attached hydrogens (tertiary/aromatic N) is 3. The van der Waals surface area contributed by atoms with Gasteiger partial charge in [0.15, 0.2) is 0 Å². The van der Waals surface area contributed by atoms with Gasteiger partial charge in [-0.3, -0.25) is 4.68 Å². The van der Waals surface area contributed by atoms with E-state index < -0.39 is 0 Å². The molecule has 3 rings (SSSR count). The zero-order valence-corrected chi connectivity index (χ0v) is 11.2. The summed E-state index contributed by atoms with van der Waals surface area (Å²) in [4.78, 5) is 13.2. The molecule has 19 heavy (non-hydrogen) atoms. The molecule has 0 saturated carbocycles. The van der Waals surface area contributed by atoms with E-state index >= 15 is 0 Å². The van der Waals surface area contributed by atoms with Gasteiger partial charge in [-0.1, -0.05) is 0 Å². The molecular weight excluding hydrogens is 244 g/mol. The highest BCUT2D eigenvalue weighted by atomic mass is 16.5. The molecule has 104 valence electrons.